The molecule has 5 heteroatoms. The third kappa shape index (κ3) is 4.13. The molecule has 0 bridgehead atoms. The van der Waals surface area contributed by atoms with Crippen LogP contribution in [0.3, 0.4) is 0 Å². The number of aryl methyl sites for hydroxylation is 1. The molecule has 0 aliphatic carbocycles. The molecule has 2 N–H and O–H groups in total. The quantitative estimate of drug-likeness (QED) is 0.779. The minimum atomic E-state index is -0.0521. The number of hydrogen-bond donors (Lipinski definition) is 1. The van der Waals surface area contributed by atoms with Gasteiger partial charge in [0.2, 0.25) is 0 Å². The standard InChI is InChI=1S/C12H19N3O2/c1-10-7-11(9-14-8-10)12(16)15(4-3-13)5-6-17-2/h7-9H,3-6,13H2,1-2H3. The van der Waals surface area contributed by atoms with Crippen LogP contribution in [0.4, 0.5) is 0 Å². The number of aromatic nitrogens is 1. The zero-order valence-electron chi connectivity index (χ0n) is 10.3. The molecule has 94 valence electrons. The van der Waals surface area contributed by atoms with Gasteiger partial charge in [-0.1, -0.05) is 0 Å². The zero-order valence-corrected chi connectivity index (χ0v) is 10.3. The second kappa shape index (κ2) is 6.98. The van der Waals surface area contributed by atoms with Crippen molar-refractivity contribution in [1.82, 2.24) is 9.88 Å². The third-order valence-corrected chi connectivity index (χ3v) is 2.37. The lowest BCUT2D eigenvalue weighted by molar-refractivity contribution is 0.0701. The summed E-state index contributed by atoms with van der Waals surface area (Å²) in [6.07, 6.45) is 3.30. The Bertz CT molecular complexity index is 369. The van der Waals surface area contributed by atoms with Crippen LogP contribution in [-0.2, 0) is 4.74 Å². The molecular formula is C12H19N3O2. The van der Waals surface area contributed by atoms with E-state index in [-0.39, 0.29) is 5.91 Å². The fourth-order valence-corrected chi connectivity index (χ4v) is 1.53. The number of methoxy groups -OCH3 is 1. The molecule has 0 atom stereocenters. The van der Waals surface area contributed by atoms with Crippen molar-refractivity contribution in [2.45, 2.75) is 6.92 Å². The van der Waals surface area contributed by atoms with Crippen LogP contribution in [0.15, 0.2) is 18.5 Å². The number of pyridine rings is 1. The van der Waals surface area contributed by atoms with Crippen molar-refractivity contribution in [1.29, 1.82) is 0 Å². The minimum absolute atomic E-state index is 0.0521. The number of nitrogens with zero attached hydrogens (tertiary/aromatic N) is 2. The van der Waals surface area contributed by atoms with Crippen LogP contribution < -0.4 is 5.73 Å². The molecule has 1 aromatic rings. The third-order valence-electron chi connectivity index (χ3n) is 2.37. The van der Waals surface area contributed by atoms with Gasteiger partial charge in [-0.25, -0.2) is 0 Å². The number of ether oxygens (including phenoxy) is 1. The second-order valence-corrected chi connectivity index (χ2v) is 3.82. The van der Waals surface area contributed by atoms with Crippen LogP contribution in [0.25, 0.3) is 0 Å². The van der Waals surface area contributed by atoms with Gasteiger partial charge in [-0.15, -0.1) is 0 Å². The summed E-state index contributed by atoms with van der Waals surface area (Å²) in [5.41, 5.74) is 7.06. The van der Waals surface area contributed by atoms with E-state index in [0.29, 0.717) is 31.8 Å². The Balaban J connectivity index is 2.76. The molecule has 0 spiro atoms. The van der Waals surface area contributed by atoms with Crippen LogP contribution in [0.5, 0.6) is 0 Å². The van der Waals surface area contributed by atoms with E-state index in [9.17, 15) is 4.79 Å². The van der Waals surface area contributed by atoms with E-state index in [0.717, 1.165) is 5.56 Å². The molecule has 1 aromatic heterocycles. The summed E-state index contributed by atoms with van der Waals surface area (Å²) in [4.78, 5) is 17.9. The minimum Gasteiger partial charge on any atom is -0.383 e. The summed E-state index contributed by atoms with van der Waals surface area (Å²) in [6, 6.07) is 1.83. The highest BCUT2D eigenvalue weighted by atomic mass is 16.5. The summed E-state index contributed by atoms with van der Waals surface area (Å²) in [5.74, 6) is -0.0521. The number of amides is 1. The molecule has 1 amide bonds. The summed E-state index contributed by atoms with van der Waals surface area (Å²) >= 11 is 0. The van der Waals surface area contributed by atoms with Crippen molar-refractivity contribution in [2.75, 3.05) is 33.4 Å². The fourth-order valence-electron chi connectivity index (χ4n) is 1.53. The van der Waals surface area contributed by atoms with E-state index in [1.54, 1.807) is 24.4 Å². The molecule has 5 nitrogen and oxygen atoms in total. The lowest BCUT2D eigenvalue weighted by Crippen LogP contribution is -2.37. The predicted molar refractivity (Wildman–Crippen MR) is 65.8 cm³/mol. The number of rotatable bonds is 6. The van der Waals surface area contributed by atoms with E-state index in [1.165, 1.54) is 0 Å². The number of hydrogen-bond acceptors (Lipinski definition) is 4. The van der Waals surface area contributed by atoms with E-state index in [4.69, 9.17) is 10.5 Å². The van der Waals surface area contributed by atoms with Crippen LogP contribution in [0.2, 0.25) is 0 Å². The Kier molecular flexibility index (Phi) is 5.59. The molecule has 1 heterocycles. The highest BCUT2D eigenvalue weighted by Crippen LogP contribution is 2.05. The van der Waals surface area contributed by atoms with E-state index < -0.39 is 0 Å². The molecule has 1 rings (SSSR count). The highest BCUT2D eigenvalue weighted by Gasteiger charge is 2.14. The Labute approximate surface area is 102 Å². The second-order valence-electron chi connectivity index (χ2n) is 3.82. The van der Waals surface area contributed by atoms with Gasteiger partial charge in [-0.3, -0.25) is 9.78 Å². The van der Waals surface area contributed by atoms with Crippen molar-refractivity contribution >= 4 is 5.91 Å². The van der Waals surface area contributed by atoms with E-state index >= 15 is 0 Å². The lowest BCUT2D eigenvalue weighted by atomic mass is 10.2. The van der Waals surface area contributed by atoms with Gasteiger partial charge in [0.25, 0.3) is 5.91 Å². The predicted octanol–water partition coefficient (Wildman–Crippen LogP) is 0.437. The first-order valence-corrected chi connectivity index (χ1v) is 5.59. The molecule has 0 radical (unpaired) electrons. The first kappa shape index (κ1) is 13.6. The Morgan fingerprint density at radius 1 is 1.47 bits per heavy atom. The maximum atomic E-state index is 12.2. The summed E-state index contributed by atoms with van der Waals surface area (Å²) in [5, 5.41) is 0. The molecule has 17 heavy (non-hydrogen) atoms. The van der Waals surface area contributed by atoms with E-state index in [1.807, 2.05) is 13.0 Å². The first-order valence-electron chi connectivity index (χ1n) is 5.59. The van der Waals surface area contributed by atoms with Crippen molar-refractivity contribution in [2.24, 2.45) is 5.73 Å². The maximum Gasteiger partial charge on any atom is 0.255 e. The topological polar surface area (TPSA) is 68.5 Å². The maximum absolute atomic E-state index is 12.2. The number of carbonyl (C=O) groups excluding carboxylic acids is 1. The molecule has 0 saturated carbocycles. The number of carbonyl (C=O) groups is 1. The first-order chi connectivity index (χ1) is 8.19. The molecule has 0 aliphatic rings. The summed E-state index contributed by atoms with van der Waals surface area (Å²) in [7, 11) is 1.61. The highest BCUT2D eigenvalue weighted by molar-refractivity contribution is 5.94. The zero-order chi connectivity index (χ0) is 12.7. The Morgan fingerprint density at radius 2 is 2.24 bits per heavy atom. The van der Waals surface area contributed by atoms with Gasteiger partial charge in [0.1, 0.15) is 0 Å². The Morgan fingerprint density at radius 3 is 2.82 bits per heavy atom. The van der Waals surface area contributed by atoms with Crippen LogP contribution >= 0.6 is 0 Å². The van der Waals surface area contributed by atoms with Gasteiger partial charge in [-0.2, -0.15) is 0 Å². The van der Waals surface area contributed by atoms with Crippen LogP contribution in [0, 0.1) is 6.92 Å². The number of nitrogens with two attached hydrogens (primary N) is 1. The normalized spacial score (nSPS) is 10.3. The smallest absolute Gasteiger partial charge is 0.255 e. The van der Waals surface area contributed by atoms with Crippen LogP contribution in [-0.4, -0.2) is 49.1 Å². The van der Waals surface area contributed by atoms with E-state index in [2.05, 4.69) is 4.98 Å². The monoisotopic (exact) mass is 237 g/mol. The lowest BCUT2D eigenvalue weighted by Gasteiger charge is -2.21. The van der Waals surface area contributed by atoms with Crippen molar-refractivity contribution < 1.29 is 9.53 Å². The molecule has 0 fully saturated rings. The molecule has 0 aromatic carbocycles. The summed E-state index contributed by atoms with van der Waals surface area (Å²) < 4.78 is 4.98. The average Bonchev–Trinajstić information content (AvgIpc) is 2.33. The SMILES string of the molecule is COCCN(CCN)C(=O)c1cncc(C)c1. The van der Waals surface area contributed by atoms with Gasteiger partial charge in [-0.05, 0) is 18.6 Å². The molecular weight excluding hydrogens is 218 g/mol. The van der Waals surface area contributed by atoms with Crippen LogP contribution in [0.1, 0.15) is 15.9 Å². The van der Waals surface area contributed by atoms with Crippen molar-refractivity contribution in [3.8, 4) is 0 Å². The van der Waals surface area contributed by atoms with Gasteiger partial charge < -0.3 is 15.4 Å². The van der Waals surface area contributed by atoms with Crippen molar-refractivity contribution in [3.63, 3.8) is 0 Å². The largest absolute Gasteiger partial charge is 0.383 e. The molecule has 0 saturated heterocycles. The average molecular weight is 237 g/mol. The fraction of sp³-hybridized carbons (Fsp3) is 0.500. The van der Waals surface area contributed by atoms with Gasteiger partial charge in [0.05, 0.1) is 12.2 Å². The summed E-state index contributed by atoms with van der Waals surface area (Å²) in [6.45, 7) is 3.92. The molecule has 0 aliphatic heterocycles. The van der Waals surface area contributed by atoms with Gasteiger partial charge in [0, 0.05) is 39.1 Å². The van der Waals surface area contributed by atoms with Gasteiger partial charge >= 0.3 is 0 Å². The van der Waals surface area contributed by atoms with Crippen molar-refractivity contribution in [3.05, 3.63) is 29.6 Å². The Hall–Kier alpha value is -1.46. The van der Waals surface area contributed by atoms with Gasteiger partial charge in [0.15, 0.2) is 0 Å². The molecule has 0 unspecified atom stereocenters.